The summed E-state index contributed by atoms with van der Waals surface area (Å²) in [7, 11) is -1.67. The number of hydrogen-bond acceptors (Lipinski definition) is 4. The van der Waals surface area contributed by atoms with Crippen molar-refractivity contribution in [1.29, 1.82) is 0 Å². The quantitative estimate of drug-likeness (QED) is 0.883. The van der Waals surface area contributed by atoms with E-state index in [-0.39, 0.29) is 6.04 Å². The normalized spacial score (nSPS) is 19.4. The molecule has 1 aromatic heterocycles. The van der Waals surface area contributed by atoms with Crippen LogP contribution < -0.4 is 5.32 Å². The van der Waals surface area contributed by atoms with Gasteiger partial charge in [-0.3, -0.25) is 0 Å². The molecule has 2 aromatic rings. The highest BCUT2D eigenvalue weighted by Gasteiger charge is 2.36. The first-order valence-electron chi connectivity index (χ1n) is 8.68. The molecule has 1 fully saturated rings. The summed E-state index contributed by atoms with van der Waals surface area (Å²) in [4.78, 5) is 4.71. The second-order valence-corrected chi connectivity index (χ2v) is 8.86. The zero-order valence-corrected chi connectivity index (χ0v) is 15.8. The Morgan fingerprint density at radius 1 is 1.28 bits per heavy atom. The molecular weight excluding hydrogens is 336 g/mol. The van der Waals surface area contributed by atoms with Crippen LogP contribution in [0.3, 0.4) is 0 Å². The molecule has 0 radical (unpaired) electrons. The molecule has 0 saturated carbocycles. The molecule has 1 unspecified atom stereocenters. The van der Waals surface area contributed by atoms with Crippen molar-refractivity contribution in [3.63, 3.8) is 0 Å². The summed E-state index contributed by atoms with van der Waals surface area (Å²) >= 11 is 0. The van der Waals surface area contributed by atoms with Crippen LogP contribution in [0.2, 0.25) is 0 Å². The number of rotatable bonds is 5. The van der Waals surface area contributed by atoms with Crippen LogP contribution >= 0.6 is 0 Å². The molecular formula is C18H26N4O2S. The van der Waals surface area contributed by atoms with Crippen molar-refractivity contribution in [2.75, 3.05) is 19.6 Å². The average Bonchev–Trinajstić information content (AvgIpc) is 3.01. The topological polar surface area (TPSA) is 67.2 Å². The fourth-order valence-electron chi connectivity index (χ4n) is 3.30. The Balaban J connectivity index is 1.90. The van der Waals surface area contributed by atoms with Gasteiger partial charge in [-0.25, -0.2) is 13.4 Å². The third-order valence-corrected chi connectivity index (χ3v) is 6.45. The zero-order chi connectivity index (χ0) is 18.0. The highest BCUT2D eigenvalue weighted by Crippen LogP contribution is 2.28. The Hall–Kier alpha value is -1.70. The van der Waals surface area contributed by atoms with Gasteiger partial charge in [0.2, 0.25) is 10.0 Å². The first-order chi connectivity index (χ1) is 11.9. The van der Waals surface area contributed by atoms with Gasteiger partial charge in [0.05, 0.1) is 10.9 Å². The van der Waals surface area contributed by atoms with Crippen LogP contribution in [-0.4, -0.2) is 41.9 Å². The smallest absolute Gasteiger partial charge is 0.243 e. The Labute approximate surface area is 149 Å². The van der Waals surface area contributed by atoms with Gasteiger partial charge in [-0.2, -0.15) is 4.31 Å². The molecule has 25 heavy (non-hydrogen) atoms. The van der Waals surface area contributed by atoms with Gasteiger partial charge in [-0.05, 0) is 30.0 Å². The molecule has 0 bridgehead atoms. The van der Waals surface area contributed by atoms with Gasteiger partial charge in [0.1, 0.15) is 5.82 Å². The predicted molar refractivity (Wildman–Crippen MR) is 97.7 cm³/mol. The first kappa shape index (κ1) is 18.1. The number of hydrogen-bond donors (Lipinski definition) is 1. The second kappa shape index (κ2) is 7.27. The van der Waals surface area contributed by atoms with Crippen molar-refractivity contribution in [3.8, 4) is 0 Å². The largest absolute Gasteiger partial charge is 0.337 e. The lowest BCUT2D eigenvalue weighted by atomic mass is 10.0. The van der Waals surface area contributed by atoms with E-state index in [9.17, 15) is 8.42 Å². The molecule has 6 nitrogen and oxygen atoms in total. The van der Waals surface area contributed by atoms with Gasteiger partial charge >= 0.3 is 0 Å². The summed E-state index contributed by atoms with van der Waals surface area (Å²) in [5, 5.41) is 3.28. The molecule has 1 aromatic carbocycles. The lowest BCUT2D eigenvalue weighted by molar-refractivity contribution is 0.258. The van der Waals surface area contributed by atoms with Gasteiger partial charge in [-0.1, -0.05) is 26.0 Å². The lowest BCUT2D eigenvalue weighted by Crippen LogP contribution is -2.49. The number of nitrogens with one attached hydrogen (secondary N) is 1. The fraction of sp³-hybridized carbons (Fsp3) is 0.500. The second-order valence-electron chi connectivity index (χ2n) is 6.97. The number of aromatic nitrogens is 2. The van der Waals surface area contributed by atoms with Crippen LogP contribution in [0.4, 0.5) is 0 Å². The van der Waals surface area contributed by atoms with E-state index in [1.807, 2.05) is 29.9 Å². The van der Waals surface area contributed by atoms with Crippen molar-refractivity contribution in [1.82, 2.24) is 19.2 Å². The number of piperazine rings is 1. The Morgan fingerprint density at radius 3 is 2.60 bits per heavy atom. The molecule has 0 aliphatic carbocycles. The summed E-state index contributed by atoms with van der Waals surface area (Å²) in [5.74, 6) is 1.30. The number of aryl methyl sites for hydroxylation is 1. The van der Waals surface area contributed by atoms with Gasteiger partial charge in [-0.15, -0.1) is 0 Å². The van der Waals surface area contributed by atoms with E-state index in [1.54, 1.807) is 22.6 Å². The molecule has 1 atom stereocenters. The van der Waals surface area contributed by atoms with Crippen molar-refractivity contribution in [2.24, 2.45) is 13.0 Å². The minimum atomic E-state index is -3.56. The van der Waals surface area contributed by atoms with E-state index in [2.05, 4.69) is 24.1 Å². The van der Waals surface area contributed by atoms with E-state index in [0.29, 0.717) is 30.4 Å². The Bertz CT molecular complexity index is 812. The van der Waals surface area contributed by atoms with Crippen LogP contribution in [0.15, 0.2) is 41.6 Å². The van der Waals surface area contributed by atoms with Crippen LogP contribution in [0.5, 0.6) is 0 Å². The monoisotopic (exact) mass is 362 g/mol. The van der Waals surface area contributed by atoms with Gasteiger partial charge in [0.25, 0.3) is 0 Å². The molecule has 0 spiro atoms. The molecule has 0 amide bonds. The summed E-state index contributed by atoms with van der Waals surface area (Å²) < 4.78 is 29.9. The molecule has 2 heterocycles. The standard InChI is InChI=1S/C18H26N4O2S/c1-14(2)12-15-4-6-16(7-5-15)25(23,24)22-11-8-19-13-17(22)18-20-9-10-21(18)3/h4-7,9-10,14,17,19H,8,11-13H2,1-3H3. The first-order valence-corrected chi connectivity index (χ1v) is 10.1. The summed E-state index contributed by atoms with van der Waals surface area (Å²) in [6.07, 6.45) is 4.49. The number of sulfonamides is 1. The van der Waals surface area contributed by atoms with Crippen molar-refractivity contribution in [3.05, 3.63) is 48.0 Å². The van der Waals surface area contributed by atoms with E-state index >= 15 is 0 Å². The molecule has 7 heteroatoms. The Morgan fingerprint density at radius 2 is 2.00 bits per heavy atom. The van der Waals surface area contributed by atoms with E-state index in [4.69, 9.17) is 0 Å². The maximum atomic E-state index is 13.2. The van der Waals surface area contributed by atoms with Crippen LogP contribution in [0.25, 0.3) is 0 Å². The summed E-state index contributed by atoms with van der Waals surface area (Å²) in [6.45, 7) is 5.96. The molecule has 1 N–H and O–H groups in total. The van der Waals surface area contributed by atoms with Gasteiger partial charge in [0, 0.05) is 39.1 Å². The highest BCUT2D eigenvalue weighted by atomic mass is 32.2. The van der Waals surface area contributed by atoms with Crippen LogP contribution in [0.1, 0.15) is 31.3 Å². The zero-order valence-electron chi connectivity index (χ0n) is 15.0. The van der Waals surface area contributed by atoms with E-state index < -0.39 is 10.0 Å². The van der Waals surface area contributed by atoms with E-state index in [0.717, 1.165) is 17.8 Å². The minimum Gasteiger partial charge on any atom is -0.337 e. The highest BCUT2D eigenvalue weighted by molar-refractivity contribution is 7.89. The van der Waals surface area contributed by atoms with Crippen LogP contribution in [0, 0.1) is 5.92 Å². The summed E-state index contributed by atoms with van der Waals surface area (Å²) in [5.41, 5.74) is 1.16. The number of benzene rings is 1. The van der Waals surface area contributed by atoms with Gasteiger partial charge in [0.15, 0.2) is 0 Å². The average molecular weight is 362 g/mol. The molecule has 1 saturated heterocycles. The fourth-order valence-corrected chi connectivity index (χ4v) is 4.88. The van der Waals surface area contributed by atoms with Gasteiger partial charge < -0.3 is 9.88 Å². The lowest BCUT2D eigenvalue weighted by Gasteiger charge is -2.34. The third-order valence-electron chi connectivity index (χ3n) is 4.52. The van der Waals surface area contributed by atoms with Crippen molar-refractivity contribution >= 4 is 10.0 Å². The minimum absolute atomic E-state index is 0.297. The number of imidazole rings is 1. The maximum absolute atomic E-state index is 13.2. The molecule has 1 aliphatic rings. The Kier molecular flexibility index (Phi) is 5.27. The number of nitrogens with zero attached hydrogens (tertiary/aromatic N) is 3. The maximum Gasteiger partial charge on any atom is 0.243 e. The predicted octanol–water partition coefficient (Wildman–Crippen LogP) is 1.95. The third kappa shape index (κ3) is 3.78. The molecule has 1 aliphatic heterocycles. The molecule has 3 rings (SSSR count). The van der Waals surface area contributed by atoms with Crippen molar-refractivity contribution in [2.45, 2.75) is 31.2 Å². The SMILES string of the molecule is CC(C)Cc1ccc(S(=O)(=O)N2CCNCC2c2nccn2C)cc1. The summed E-state index contributed by atoms with van der Waals surface area (Å²) in [6, 6.07) is 7.00. The van der Waals surface area contributed by atoms with E-state index in [1.165, 1.54) is 0 Å². The molecule has 136 valence electrons. The van der Waals surface area contributed by atoms with Crippen molar-refractivity contribution < 1.29 is 8.42 Å². The van der Waals surface area contributed by atoms with Crippen LogP contribution in [-0.2, 0) is 23.5 Å².